The number of esters is 1. The number of aromatic nitrogens is 2. The van der Waals surface area contributed by atoms with E-state index < -0.39 is 29.4 Å². The maximum absolute atomic E-state index is 12.6. The molecule has 1 heterocycles. The Kier molecular flexibility index (Phi) is 7.66. The average Bonchev–Trinajstić information content (AvgIpc) is 2.70. The first-order chi connectivity index (χ1) is 14.9. The molecule has 9 heteroatoms. The van der Waals surface area contributed by atoms with Crippen molar-refractivity contribution in [3.05, 3.63) is 56.4 Å². The monoisotopic (exact) mass is 445 g/mol. The first kappa shape index (κ1) is 24.9. The summed E-state index contributed by atoms with van der Waals surface area (Å²) in [6.45, 7) is 8.78. The first-order valence-electron chi connectivity index (χ1n) is 10.4. The number of hydrogen-bond acceptors (Lipinski definition) is 6. The van der Waals surface area contributed by atoms with Gasteiger partial charge in [0.2, 0.25) is 0 Å². The van der Waals surface area contributed by atoms with Gasteiger partial charge in [-0.3, -0.25) is 9.36 Å². The smallest absolute Gasteiger partial charge is 0.408 e. The van der Waals surface area contributed by atoms with Gasteiger partial charge in [-0.15, -0.1) is 0 Å². The van der Waals surface area contributed by atoms with Crippen molar-refractivity contribution in [2.75, 3.05) is 6.61 Å². The second-order valence-electron chi connectivity index (χ2n) is 8.52. The van der Waals surface area contributed by atoms with Gasteiger partial charge in [0.1, 0.15) is 11.6 Å². The molecule has 0 radical (unpaired) electrons. The zero-order chi connectivity index (χ0) is 24.2. The highest BCUT2D eigenvalue weighted by molar-refractivity contribution is 5.81. The van der Waals surface area contributed by atoms with E-state index in [4.69, 9.17) is 9.47 Å². The summed E-state index contributed by atoms with van der Waals surface area (Å²) in [5.41, 5.74) is 0.909. The van der Waals surface area contributed by atoms with Crippen molar-refractivity contribution in [1.82, 2.24) is 14.5 Å². The Morgan fingerprint density at radius 3 is 2.19 bits per heavy atom. The number of carbonyl (C=O) groups is 2. The molecule has 1 aromatic carbocycles. The number of carbonyl (C=O) groups excluding carboxylic acids is 2. The van der Waals surface area contributed by atoms with Gasteiger partial charge >= 0.3 is 17.8 Å². The molecule has 0 aliphatic rings. The molecule has 0 fully saturated rings. The third-order valence-corrected chi connectivity index (χ3v) is 4.90. The number of rotatable bonds is 6. The minimum atomic E-state index is -0.928. The summed E-state index contributed by atoms with van der Waals surface area (Å²) < 4.78 is 12.8. The lowest BCUT2D eigenvalue weighted by atomic mass is 10.0. The van der Waals surface area contributed by atoms with Crippen molar-refractivity contribution in [3.63, 3.8) is 0 Å². The van der Waals surface area contributed by atoms with Gasteiger partial charge in [0.05, 0.1) is 12.2 Å². The normalized spacial score (nSPS) is 12.2. The molecule has 0 saturated carbocycles. The Labute approximate surface area is 187 Å². The predicted octanol–water partition coefficient (Wildman–Crippen LogP) is 2.06. The molecule has 2 aromatic rings. The zero-order valence-electron chi connectivity index (χ0n) is 19.6. The number of amides is 1. The maximum atomic E-state index is 12.6. The molecule has 2 rings (SSSR count). The lowest BCUT2D eigenvalue weighted by Gasteiger charge is -2.23. The molecule has 32 heavy (non-hydrogen) atoms. The summed E-state index contributed by atoms with van der Waals surface area (Å²) in [6.07, 6.45) is -0.528. The van der Waals surface area contributed by atoms with Gasteiger partial charge in [-0.2, -0.15) is 0 Å². The molecule has 0 aliphatic heterocycles. The van der Waals surface area contributed by atoms with E-state index in [0.29, 0.717) is 16.8 Å². The molecule has 0 saturated heterocycles. The number of benzene rings is 1. The number of alkyl carbamates (subject to hydrolysis) is 1. The quantitative estimate of drug-likeness (QED) is 0.682. The van der Waals surface area contributed by atoms with Crippen molar-refractivity contribution >= 4 is 12.1 Å². The Balaban J connectivity index is 2.31. The average molecular weight is 446 g/mol. The van der Waals surface area contributed by atoms with Crippen LogP contribution in [0.15, 0.2) is 33.9 Å². The van der Waals surface area contributed by atoms with Crippen molar-refractivity contribution in [2.24, 2.45) is 14.1 Å². The second kappa shape index (κ2) is 9.84. The second-order valence-corrected chi connectivity index (χ2v) is 8.52. The lowest BCUT2D eigenvalue weighted by molar-refractivity contribution is -0.145. The molecule has 1 aromatic heterocycles. The first-order valence-corrected chi connectivity index (χ1v) is 10.4. The van der Waals surface area contributed by atoms with Crippen LogP contribution in [0.25, 0.3) is 11.1 Å². The minimum absolute atomic E-state index is 0.180. The third kappa shape index (κ3) is 5.87. The van der Waals surface area contributed by atoms with E-state index in [-0.39, 0.29) is 18.6 Å². The summed E-state index contributed by atoms with van der Waals surface area (Å²) in [5.74, 6) is -0.565. The number of hydrogen-bond donors (Lipinski definition) is 1. The van der Waals surface area contributed by atoms with Crippen LogP contribution in [0.1, 0.15) is 39.0 Å². The van der Waals surface area contributed by atoms with Crippen LogP contribution in [0.3, 0.4) is 0 Å². The Morgan fingerprint density at radius 1 is 1.06 bits per heavy atom. The highest BCUT2D eigenvalue weighted by Gasteiger charge is 2.26. The van der Waals surface area contributed by atoms with Gasteiger partial charge in [-0.25, -0.2) is 14.4 Å². The van der Waals surface area contributed by atoms with Crippen LogP contribution in [0, 0.1) is 6.92 Å². The number of ether oxygens (including phenoxy) is 2. The molecule has 1 N–H and O–H groups in total. The molecule has 9 nitrogen and oxygen atoms in total. The van der Waals surface area contributed by atoms with Crippen LogP contribution in [-0.4, -0.2) is 39.4 Å². The van der Waals surface area contributed by atoms with Crippen LogP contribution in [0.4, 0.5) is 4.79 Å². The molecule has 0 bridgehead atoms. The van der Waals surface area contributed by atoms with Crippen molar-refractivity contribution in [2.45, 2.75) is 52.7 Å². The van der Waals surface area contributed by atoms with E-state index in [1.807, 2.05) is 0 Å². The van der Waals surface area contributed by atoms with Crippen LogP contribution in [-0.2, 0) is 34.8 Å². The van der Waals surface area contributed by atoms with E-state index in [2.05, 4.69) is 5.32 Å². The molecule has 174 valence electrons. The number of nitrogens with zero attached hydrogens (tertiary/aromatic N) is 2. The summed E-state index contributed by atoms with van der Waals surface area (Å²) in [6, 6.07) is 6.10. The van der Waals surface area contributed by atoms with Gasteiger partial charge in [-0.1, -0.05) is 24.3 Å². The predicted molar refractivity (Wildman–Crippen MR) is 121 cm³/mol. The van der Waals surface area contributed by atoms with E-state index >= 15 is 0 Å². The van der Waals surface area contributed by atoms with Crippen molar-refractivity contribution in [3.8, 4) is 11.1 Å². The molecule has 0 unspecified atom stereocenters. The Hall–Kier alpha value is -3.36. The molecule has 0 spiro atoms. The molecule has 1 atom stereocenters. The zero-order valence-corrected chi connectivity index (χ0v) is 19.6. The summed E-state index contributed by atoms with van der Waals surface area (Å²) in [4.78, 5) is 49.3. The Bertz CT molecular complexity index is 1110. The SMILES string of the molecule is CCOC(=O)[C@@H](Cc1ccc(-c2c(C)n(C)c(=O)n(C)c2=O)cc1)NC(=O)OC(C)(C)C. The molecular formula is C23H31N3O6. The fourth-order valence-electron chi connectivity index (χ4n) is 3.21. The van der Waals surface area contributed by atoms with Gasteiger partial charge in [0, 0.05) is 26.2 Å². The fourth-order valence-corrected chi connectivity index (χ4v) is 3.21. The van der Waals surface area contributed by atoms with E-state index in [1.54, 1.807) is 65.9 Å². The van der Waals surface area contributed by atoms with Gasteiger partial charge < -0.3 is 19.4 Å². The van der Waals surface area contributed by atoms with Crippen molar-refractivity contribution < 1.29 is 19.1 Å². The number of nitrogens with one attached hydrogen (secondary N) is 1. The minimum Gasteiger partial charge on any atom is -0.464 e. The topological polar surface area (TPSA) is 109 Å². The highest BCUT2D eigenvalue weighted by Crippen LogP contribution is 2.20. The largest absolute Gasteiger partial charge is 0.464 e. The molecular weight excluding hydrogens is 414 g/mol. The molecule has 0 aliphatic carbocycles. The van der Waals surface area contributed by atoms with E-state index in [9.17, 15) is 19.2 Å². The lowest BCUT2D eigenvalue weighted by Crippen LogP contribution is -2.45. The fraction of sp³-hybridized carbons (Fsp3) is 0.478. The maximum Gasteiger partial charge on any atom is 0.408 e. The van der Waals surface area contributed by atoms with Gasteiger partial charge in [0.15, 0.2) is 0 Å². The van der Waals surface area contributed by atoms with Gasteiger partial charge in [0.25, 0.3) is 5.56 Å². The van der Waals surface area contributed by atoms with Crippen molar-refractivity contribution in [1.29, 1.82) is 0 Å². The standard InChI is InChI=1S/C23H31N3O6/c1-8-31-20(28)17(24-21(29)32-23(3,4)5)13-15-9-11-16(12-10-15)18-14(2)25(6)22(30)26(7)19(18)27/h9-12,17H,8,13H2,1-7H3,(H,24,29)/t17-/m1/s1. The van der Waals surface area contributed by atoms with Crippen LogP contribution < -0.4 is 16.6 Å². The summed E-state index contributed by atoms with van der Waals surface area (Å²) >= 11 is 0. The van der Waals surface area contributed by atoms with Crippen LogP contribution in [0.2, 0.25) is 0 Å². The van der Waals surface area contributed by atoms with Crippen LogP contribution >= 0.6 is 0 Å². The van der Waals surface area contributed by atoms with Crippen LogP contribution in [0.5, 0.6) is 0 Å². The van der Waals surface area contributed by atoms with E-state index in [1.165, 1.54) is 11.6 Å². The highest BCUT2D eigenvalue weighted by atomic mass is 16.6. The van der Waals surface area contributed by atoms with E-state index in [0.717, 1.165) is 10.1 Å². The summed E-state index contributed by atoms with van der Waals surface area (Å²) in [7, 11) is 3.05. The molecule has 1 amide bonds. The third-order valence-electron chi connectivity index (χ3n) is 4.90. The summed E-state index contributed by atoms with van der Waals surface area (Å²) in [5, 5.41) is 2.57. The van der Waals surface area contributed by atoms with Gasteiger partial charge in [-0.05, 0) is 45.7 Å². The Morgan fingerprint density at radius 2 is 1.66 bits per heavy atom.